The number of amides is 1. The molecule has 0 radical (unpaired) electrons. The predicted molar refractivity (Wildman–Crippen MR) is 50.8 cm³/mol. The Kier molecular flexibility index (Phi) is 4.46. The van der Waals surface area contributed by atoms with Gasteiger partial charge in [0.1, 0.15) is 18.3 Å². The highest BCUT2D eigenvalue weighted by Crippen LogP contribution is 2.18. The minimum Gasteiger partial charge on any atom is -0.387 e. The fourth-order valence-corrected chi connectivity index (χ4v) is 1.43. The molecule has 0 aromatic rings. The van der Waals surface area contributed by atoms with Gasteiger partial charge in [-0.25, -0.2) is 0 Å². The molecule has 1 rings (SSSR count). The number of carbonyl (C=O) groups is 1. The summed E-state index contributed by atoms with van der Waals surface area (Å²) in [6.07, 6.45) is -3.46. The van der Waals surface area contributed by atoms with Crippen molar-refractivity contribution in [3.63, 3.8) is 0 Å². The number of ether oxygens (including phenoxy) is 1. The highest BCUT2D eigenvalue weighted by Gasteiger charge is 2.41. The zero-order valence-electron chi connectivity index (χ0n) is 8.59. The normalized spacial score (nSPS) is 35.5. The van der Waals surface area contributed by atoms with Crippen LogP contribution in [0.3, 0.4) is 0 Å². The van der Waals surface area contributed by atoms with Crippen LogP contribution in [0.1, 0.15) is 19.8 Å². The summed E-state index contributed by atoms with van der Waals surface area (Å²) < 4.78 is 4.86. The van der Waals surface area contributed by atoms with E-state index in [0.29, 0.717) is 6.42 Å². The fraction of sp³-hybridized carbons (Fsp3) is 0.889. The molecule has 88 valence electrons. The summed E-state index contributed by atoms with van der Waals surface area (Å²) in [5.74, 6) is -0.135. The molecular formula is C9H17NO5. The van der Waals surface area contributed by atoms with Gasteiger partial charge in [0.15, 0.2) is 6.29 Å². The van der Waals surface area contributed by atoms with Crippen molar-refractivity contribution in [3.05, 3.63) is 0 Å². The summed E-state index contributed by atoms with van der Waals surface area (Å²) in [5.41, 5.74) is 0. The maximum absolute atomic E-state index is 11.1. The Morgan fingerprint density at radius 3 is 2.47 bits per heavy atom. The van der Waals surface area contributed by atoms with E-state index in [-0.39, 0.29) is 12.5 Å². The minimum atomic E-state index is -1.38. The second-order valence-corrected chi connectivity index (χ2v) is 3.60. The van der Waals surface area contributed by atoms with Gasteiger partial charge < -0.3 is 25.4 Å². The van der Waals surface area contributed by atoms with Crippen molar-refractivity contribution in [3.8, 4) is 0 Å². The number of aliphatic hydroxyl groups excluding tert-OH is 3. The molecule has 1 aliphatic heterocycles. The second kappa shape index (κ2) is 5.41. The smallest absolute Gasteiger partial charge is 0.220 e. The zero-order chi connectivity index (χ0) is 11.4. The summed E-state index contributed by atoms with van der Waals surface area (Å²) in [6.45, 7) is 1.97. The first-order chi connectivity index (χ1) is 7.06. The summed E-state index contributed by atoms with van der Waals surface area (Å²) in [7, 11) is 0. The Hall–Kier alpha value is -0.690. The molecule has 1 unspecified atom stereocenters. The van der Waals surface area contributed by atoms with Gasteiger partial charge in [-0.05, 0) is 6.42 Å². The monoisotopic (exact) mass is 219 g/mol. The molecule has 0 saturated carbocycles. The highest BCUT2D eigenvalue weighted by molar-refractivity contribution is 5.75. The van der Waals surface area contributed by atoms with Gasteiger partial charge in [-0.1, -0.05) is 6.92 Å². The molecule has 15 heavy (non-hydrogen) atoms. The molecular weight excluding hydrogens is 202 g/mol. The third-order valence-electron chi connectivity index (χ3n) is 2.31. The fourth-order valence-electron chi connectivity index (χ4n) is 1.43. The van der Waals surface area contributed by atoms with Crippen molar-refractivity contribution in [1.82, 2.24) is 5.32 Å². The van der Waals surface area contributed by atoms with Crippen LogP contribution in [0.15, 0.2) is 0 Å². The van der Waals surface area contributed by atoms with Gasteiger partial charge in [-0.15, -0.1) is 0 Å². The Balaban J connectivity index is 2.31. The van der Waals surface area contributed by atoms with Gasteiger partial charge in [0, 0.05) is 13.0 Å². The quantitative estimate of drug-likeness (QED) is 0.453. The second-order valence-electron chi connectivity index (χ2n) is 3.60. The molecule has 0 spiro atoms. The van der Waals surface area contributed by atoms with Crippen molar-refractivity contribution in [2.24, 2.45) is 0 Å². The van der Waals surface area contributed by atoms with Crippen LogP contribution >= 0.6 is 0 Å². The van der Waals surface area contributed by atoms with Crippen LogP contribution in [-0.2, 0) is 9.53 Å². The first-order valence-corrected chi connectivity index (χ1v) is 5.02. The van der Waals surface area contributed by atoms with Gasteiger partial charge >= 0.3 is 0 Å². The number of nitrogens with one attached hydrogen (secondary N) is 1. The summed E-state index contributed by atoms with van der Waals surface area (Å²) in [4.78, 5) is 11.1. The molecule has 1 heterocycles. The molecule has 1 aliphatic rings. The third kappa shape index (κ3) is 3.13. The van der Waals surface area contributed by atoms with Crippen molar-refractivity contribution >= 4 is 5.91 Å². The summed E-state index contributed by atoms with van der Waals surface area (Å²) in [5, 5.41) is 30.2. The number of hydrogen-bond acceptors (Lipinski definition) is 5. The zero-order valence-corrected chi connectivity index (χ0v) is 8.59. The van der Waals surface area contributed by atoms with E-state index < -0.39 is 24.6 Å². The Morgan fingerprint density at radius 2 is 2.00 bits per heavy atom. The molecule has 6 heteroatoms. The van der Waals surface area contributed by atoms with E-state index >= 15 is 0 Å². The molecule has 0 bridgehead atoms. The molecule has 0 aliphatic carbocycles. The maximum atomic E-state index is 11.1. The summed E-state index contributed by atoms with van der Waals surface area (Å²) in [6, 6.07) is 0. The van der Waals surface area contributed by atoms with Crippen LogP contribution in [0.4, 0.5) is 0 Å². The molecule has 1 fully saturated rings. The van der Waals surface area contributed by atoms with Crippen LogP contribution in [0, 0.1) is 0 Å². The van der Waals surface area contributed by atoms with Crippen LogP contribution in [0.25, 0.3) is 0 Å². The van der Waals surface area contributed by atoms with Crippen LogP contribution in [0.2, 0.25) is 0 Å². The summed E-state index contributed by atoms with van der Waals surface area (Å²) >= 11 is 0. The Labute approximate surface area is 87.9 Å². The van der Waals surface area contributed by atoms with Gasteiger partial charge in [0.2, 0.25) is 5.91 Å². The van der Waals surface area contributed by atoms with Crippen molar-refractivity contribution in [2.45, 2.75) is 44.4 Å². The number of rotatable bonds is 4. The average molecular weight is 219 g/mol. The standard InChI is InChI=1S/C9H17NO5/c1-2-3-6(11)10-4-5-7(12)8(13)9(14)15-5/h5,7-9,12-14H,2-4H2,1H3,(H,10,11)/t5-,7-,8-,9?/m1/s1. The van der Waals surface area contributed by atoms with E-state index in [1.54, 1.807) is 0 Å². The minimum absolute atomic E-state index is 0.0914. The van der Waals surface area contributed by atoms with Gasteiger partial charge in [0.25, 0.3) is 0 Å². The first-order valence-electron chi connectivity index (χ1n) is 5.02. The van der Waals surface area contributed by atoms with Crippen LogP contribution in [0.5, 0.6) is 0 Å². The molecule has 0 aromatic heterocycles. The van der Waals surface area contributed by atoms with Gasteiger partial charge in [0.05, 0.1) is 0 Å². The highest BCUT2D eigenvalue weighted by atomic mass is 16.6. The van der Waals surface area contributed by atoms with E-state index in [1.165, 1.54) is 0 Å². The largest absolute Gasteiger partial charge is 0.387 e. The van der Waals surface area contributed by atoms with Crippen molar-refractivity contribution < 1.29 is 24.9 Å². The third-order valence-corrected chi connectivity index (χ3v) is 2.31. The number of hydrogen-bond donors (Lipinski definition) is 4. The Bertz CT molecular complexity index is 223. The van der Waals surface area contributed by atoms with Crippen molar-refractivity contribution in [2.75, 3.05) is 6.54 Å². The van der Waals surface area contributed by atoms with E-state index in [2.05, 4.69) is 5.32 Å². The maximum Gasteiger partial charge on any atom is 0.220 e. The van der Waals surface area contributed by atoms with E-state index in [4.69, 9.17) is 14.9 Å². The van der Waals surface area contributed by atoms with Gasteiger partial charge in [-0.3, -0.25) is 4.79 Å². The van der Waals surface area contributed by atoms with E-state index in [1.807, 2.05) is 6.92 Å². The lowest BCUT2D eigenvalue weighted by Crippen LogP contribution is -2.39. The molecule has 0 aromatic carbocycles. The van der Waals surface area contributed by atoms with E-state index in [9.17, 15) is 9.90 Å². The van der Waals surface area contributed by atoms with Crippen LogP contribution < -0.4 is 5.32 Å². The lowest BCUT2D eigenvalue weighted by atomic mass is 10.1. The molecule has 4 atom stereocenters. The van der Waals surface area contributed by atoms with E-state index in [0.717, 1.165) is 6.42 Å². The molecule has 1 amide bonds. The lowest BCUT2D eigenvalue weighted by molar-refractivity contribution is -0.130. The van der Waals surface area contributed by atoms with Crippen LogP contribution in [-0.4, -0.2) is 52.4 Å². The predicted octanol–water partition coefficient (Wildman–Crippen LogP) is -1.66. The number of aliphatic hydroxyl groups is 3. The lowest BCUT2D eigenvalue weighted by Gasteiger charge is -2.14. The average Bonchev–Trinajstić information content (AvgIpc) is 2.43. The first kappa shape index (κ1) is 12.4. The molecule has 4 N–H and O–H groups in total. The molecule has 6 nitrogen and oxygen atoms in total. The molecule has 1 saturated heterocycles. The van der Waals surface area contributed by atoms with Crippen molar-refractivity contribution in [1.29, 1.82) is 0 Å². The SMILES string of the molecule is CCCC(=O)NC[C@H]1OC(O)[C@H](O)[C@@H]1O. The topological polar surface area (TPSA) is 99.0 Å². The number of carbonyl (C=O) groups excluding carboxylic acids is 1. The Morgan fingerprint density at radius 1 is 1.33 bits per heavy atom. The van der Waals surface area contributed by atoms with Gasteiger partial charge in [-0.2, -0.15) is 0 Å².